The minimum Gasteiger partial charge on any atom is -0.343 e. The summed E-state index contributed by atoms with van der Waals surface area (Å²) in [6, 6.07) is 3.86. The van der Waals surface area contributed by atoms with Crippen LogP contribution in [0.2, 0.25) is 5.02 Å². The van der Waals surface area contributed by atoms with E-state index in [4.69, 9.17) is 11.6 Å². The molecule has 0 aliphatic carbocycles. The van der Waals surface area contributed by atoms with Crippen LogP contribution in [0.5, 0.6) is 0 Å². The lowest BCUT2D eigenvalue weighted by Crippen LogP contribution is -2.19. The van der Waals surface area contributed by atoms with E-state index in [0.29, 0.717) is 11.4 Å². The van der Waals surface area contributed by atoms with Crippen LogP contribution in [-0.4, -0.2) is 23.4 Å². The largest absolute Gasteiger partial charge is 0.343 e. The van der Waals surface area contributed by atoms with Gasteiger partial charge in [0.1, 0.15) is 0 Å². The van der Waals surface area contributed by atoms with Gasteiger partial charge >= 0.3 is 0 Å². The maximum Gasteiger partial charge on any atom is 0.166 e. The topological polar surface area (TPSA) is 34.0 Å². The molecule has 2 aliphatic heterocycles. The first-order valence-electron chi connectivity index (χ1n) is 6.83. The number of halogens is 1. The maximum absolute atomic E-state index is 12.1. The quantitative estimate of drug-likeness (QED) is 0.801. The standard InChI is InChI=1S/C15H15ClN2O/c16-9-7-11-10-1-4-17-5-2-13(10)18-6-3-14(19)12(8-9)15(11)18/h7-8,17H,1-6H2. The van der Waals surface area contributed by atoms with Crippen molar-refractivity contribution in [3.63, 3.8) is 0 Å². The van der Waals surface area contributed by atoms with Crippen LogP contribution in [0.3, 0.4) is 0 Å². The van der Waals surface area contributed by atoms with E-state index in [1.807, 2.05) is 12.1 Å². The number of hydrogen-bond donors (Lipinski definition) is 1. The molecule has 0 atom stereocenters. The molecule has 0 spiro atoms. The van der Waals surface area contributed by atoms with Gasteiger partial charge in [-0.3, -0.25) is 4.79 Å². The zero-order chi connectivity index (χ0) is 13.0. The predicted molar refractivity (Wildman–Crippen MR) is 76.2 cm³/mol. The Morgan fingerprint density at radius 2 is 2.00 bits per heavy atom. The predicted octanol–water partition coefficient (Wildman–Crippen LogP) is 2.57. The van der Waals surface area contributed by atoms with Crippen LogP contribution in [0, 0.1) is 0 Å². The normalized spacial score (nSPS) is 18.5. The van der Waals surface area contributed by atoms with Gasteiger partial charge in [-0.05, 0) is 30.7 Å². The molecule has 0 unspecified atom stereocenters. The van der Waals surface area contributed by atoms with Crippen molar-refractivity contribution in [1.29, 1.82) is 0 Å². The van der Waals surface area contributed by atoms with Crippen molar-refractivity contribution >= 4 is 28.3 Å². The van der Waals surface area contributed by atoms with Gasteiger partial charge in [-0.15, -0.1) is 0 Å². The van der Waals surface area contributed by atoms with Gasteiger partial charge in [0.15, 0.2) is 5.78 Å². The van der Waals surface area contributed by atoms with Gasteiger partial charge < -0.3 is 9.88 Å². The number of aromatic nitrogens is 1. The summed E-state index contributed by atoms with van der Waals surface area (Å²) in [6.45, 7) is 2.83. The Hall–Kier alpha value is -1.32. The van der Waals surface area contributed by atoms with Crippen molar-refractivity contribution in [3.05, 3.63) is 34.0 Å². The number of nitrogens with zero attached hydrogens (tertiary/aromatic N) is 1. The van der Waals surface area contributed by atoms with E-state index in [1.54, 1.807) is 0 Å². The molecular weight excluding hydrogens is 260 g/mol. The Morgan fingerprint density at radius 3 is 2.89 bits per heavy atom. The van der Waals surface area contributed by atoms with E-state index >= 15 is 0 Å². The highest BCUT2D eigenvalue weighted by Gasteiger charge is 2.26. The minimum atomic E-state index is 0.228. The molecule has 0 amide bonds. The van der Waals surface area contributed by atoms with Crippen LogP contribution < -0.4 is 5.32 Å². The summed E-state index contributed by atoms with van der Waals surface area (Å²) in [6.07, 6.45) is 2.65. The second kappa shape index (κ2) is 4.09. The van der Waals surface area contributed by atoms with Crippen molar-refractivity contribution in [2.75, 3.05) is 13.1 Å². The summed E-state index contributed by atoms with van der Waals surface area (Å²) in [7, 11) is 0. The van der Waals surface area contributed by atoms with E-state index in [-0.39, 0.29) is 5.78 Å². The third-order valence-corrected chi connectivity index (χ3v) is 4.52. The Bertz CT molecular complexity index is 702. The lowest BCUT2D eigenvalue weighted by molar-refractivity contribution is 0.0973. The summed E-state index contributed by atoms with van der Waals surface area (Å²) in [5.41, 5.74) is 4.72. The van der Waals surface area contributed by atoms with Gasteiger partial charge in [-0.2, -0.15) is 0 Å². The highest BCUT2D eigenvalue weighted by atomic mass is 35.5. The lowest BCUT2D eigenvalue weighted by Gasteiger charge is -2.17. The molecule has 1 N–H and O–H groups in total. The number of fused-ring (bicyclic) bond motifs is 3. The molecule has 0 saturated carbocycles. The Kier molecular flexibility index (Phi) is 2.47. The molecule has 4 rings (SSSR count). The van der Waals surface area contributed by atoms with Crippen molar-refractivity contribution < 1.29 is 4.79 Å². The second-order valence-electron chi connectivity index (χ2n) is 5.35. The number of nitrogens with one attached hydrogen (secondary N) is 1. The molecule has 3 heterocycles. The van der Waals surface area contributed by atoms with Gasteiger partial charge in [0.2, 0.25) is 0 Å². The zero-order valence-electron chi connectivity index (χ0n) is 10.6. The average molecular weight is 275 g/mol. The molecule has 4 heteroatoms. The smallest absolute Gasteiger partial charge is 0.166 e. The molecule has 2 aromatic rings. The SMILES string of the molecule is O=C1CCn2c3c(c4cc(Cl)cc1c42)CCNCC3. The Balaban J connectivity index is 2.13. The molecule has 0 saturated heterocycles. The third-order valence-electron chi connectivity index (χ3n) is 4.30. The number of carbonyl (C=O) groups excluding carboxylic acids is 1. The van der Waals surface area contributed by atoms with Gasteiger partial charge in [0.05, 0.1) is 5.52 Å². The highest BCUT2D eigenvalue weighted by molar-refractivity contribution is 6.32. The first-order valence-corrected chi connectivity index (χ1v) is 7.21. The molecule has 2 aliphatic rings. The number of aryl methyl sites for hydroxylation is 1. The fourth-order valence-electron chi connectivity index (χ4n) is 3.49. The van der Waals surface area contributed by atoms with Crippen LogP contribution >= 0.6 is 11.6 Å². The number of rotatable bonds is 0. The molecule has 0 fully saturated rings. The second-order valence-corrected chi connectivity index (χ2v) is 5.79. The monoisotopic (exact) mass is 274 g/mol. The number of benzene rings is 1. The van der Waals surface area contributed by atoms with Gasteiger partial charge in [-0.25, -0.2) is 0 Å². The van der Waals surface area contributed by atoms with E-state index < -0.39 is 0 Å². The molecule has 19 heavy (non-hydrogen) atoms. The fraction of sp³-hybridized carbons (Fsp3) is 0.400. The maximum atomic E-state index is 12.1. The van der Waals surface area contributed by atoms with Crippen LogP contribution in [0.15, 0.2) is 12.1 Å². The highest BCUT2D eigenvalue weighted by Crippen LogP contribution is 2.36. The van der Waals surface area contributed by atoms with Crippen molar-refractivity contribution in [2.24, 2.45) is 0 Å². The molecule has 0 bridgehead atoms. The number of hydrogen-bond acceptors (Lipinski definition) is 2. The molecular formula is C15H15ClN2O. The van der Waals surface area contributed by atoms with Crippen molar-refractivity contribution in [2.45, 2.75) is 25.8 Å². The van der Waals surface area contributed by atoms with Crippen LogP contribution in [0.1, 0.15) is 28.0 Å². The van der Waals surface area contributed by atoms with Crippen LogP contribution in [-0.2, 0) is 19.4 Å². The molecule has 0 radical (unpaired) electrons. The van der Waals surface area contributed by atoms with Crippen molar-refractivity contribution in [3.8, 4) is 0 Å². The van der Waals surface area contributed by atoms with E-state index in [1.165, 1.54) is 16.6 Å². The van der Waals surface area contributed by atoms with E-state index in [2.05, 4.69) is 9.88 Å². The third kappa shape index (κ3) is 1.58. The van der Waals surface area contributed by atoms with E-state index in [0.717, 1.165) is 43.6 Å². The first kappa shape index (κ1) is 11.5. The minimum absolute atomic E-state index is 0.228. The van der Waals surface area contributed by atoms with Gasteiger partial charge in [0.25, 0.3) is 0 Å². The summed E-state index contributed by atoms with van der Waals surface area (Å²) >= 11 is 6.21. The van der Waals surface area contributed by atoms with Gasteiger partial charge in [0, 0.05) is 47.6 Å². The van der Waals surface area contributed by atoms with Crippen LogP contribution in [0.25, 0.3) is 10.9 Å². The Labute approximate surface area is 116 Å². The molecule has 3 nitrogen and oxygen atoms in total. The summed E-state index contributed by atoms with van der Waals surface area (Å²) in [5, 5.41) is 5.30. The van der Waals surface area contributed by atoms with Crippen molar-refractivity contribution in [1.82, 2.24) is 9.88 Å². The number of carbonyl (C=O) groups is 1. The van der Waals surface area contributed by atoms with Crippen LogP contribution in [0.4, 0.5) is 0 Å². The summed E-state index contributed by atoms with van der Waals surface area (Å²) in [5.74, 6) is 0.228. The number of Topliss-reactive ketones (excluding diaryl/α,β-unsaturated/α-hetero) is 1. The summed E-state index contributed by atoms with van der Waals surface area (Å²) in [4.78, 5) is 12.1. The Morgan fingerprint density at radius 1 is 1.16 bits per heavy atom. The first-order chi connectivity index (χ1) is 9.25. The van der Waals surface area contributed by atoms with Gasteiger partial charge in [-0.1, -0.05) is 11.6 Å². The fourth-order valence-corrected chi connectivity index (χ4v) is 3.71. The zero-order valence-corrected chi connectivity index (χ0v) is 11.4. The summed E-state index contributed by atoms with van der Waals surface area (Å²) < 4.78 is 2.35. The molecule has 1 aromatic heterocycles. The molecule has 1 aromatic carbocycles. The average Bonchev–Trinajstić information content (AvgIpc) is 2.58. The number of ketones is 1. The lowest BCUT2D eigenvalue weighted by atomic mass is 10.0. The molecule has 98 valence electrons. The van der Waals surface area contributed by atoms with E-state index in [9.17, 15) is 4.79 Å².